The Morgan fingerprint density at radius 3 is 2.52 bits per heavy atom. The SMILES string of the molecule is C=C(C)c1cc2c(=O)c3c(O)cc4c(c3oc2c2c1C(=O)C(OC)=CC2=O)C=CC(C)(C)O4. The van der Waals surface area contributed by atoms with E-state index in [9.17, 15) is 19.5 Å². The third-order valence-corrected chi connectivity index (χ3v) is 5.88. The molecule has 2 aromatic carbocycles. The number of hydrogen-bond donors (Lipinski definition) is 1. The van der Waals surface area contributed by atoms with Crippen molar-refractivity contribution in [2.75, 3.05) is 7.11 Å². The highest BCUT2D eigenvalue weighted by Gasteiger charge is 2.34. The van der Waals surface area contributed by atoms with Gasteiger partial charge in [0.15, 0.2) is 22.7 Å². The number of phenols is 1. The van der Waals surface area contributed by atoms with Crippen LogP contribution in [0.15, 0.2) is 45.8 Å². The molecule has 166 valence electrons. The summed E-state index contributed by atoms with van der Waals surface area (Å²) in [6.45, 7) is 9.27. The van der Waals surface area contributed by atoms with Crippen LogP contribution < -0.4 is 10.2 Å². The highest BCUT2D eigenvalue weighted by Crippen LogP contribution is 2.42. The first-order chi connectivity index (χ1) is 15.5. The lowest BCUT2D eigenvalue weighted by Gasteiger charge is -2.28. The molecule has 0 unspecified atom stereocenters. The summed E-state index contributed by atoms with van der Waals surface area (Å²) in [6.07, 6.45) is 4.64. The van der Waals surface area contributed by atoms with Gasteiger partial charge in [-0.15, -0.1) is 0 Å². The van der Waals surface area contributed by atoms with Crippen molar-refractivity contribution in [2.45, 2.75) is 26.4 Å². The van der Waals surface area contributed by atoms with Crippen LogP contribution in [0.1, 0.15) is 52.6 Å². The van der Waals surface area contributed by atoms with E-state index in [0.717, 1.165) is 6.08 Å². The lowest BCUT2D eigenvalue weighted by atomic mass is 9.85. The zero-order chi connectivity index (χ0) is 23.8. The van der Waals surface area contributed by atoms with Crippen LogP contribution in [0.3, 0.4) is 0 Å². The van der Waals surface area contributed by atoms with E-state index in [0.29, 0.717) is 22.4 Å². The van der Waals surface area contributed by atoms with Crippen LogP contribution in [0, 0.1) is 0 Å². The number of carbonyl (C=O) groups excluding carboxylic acids is 2. The Morgan fingerprint density at radius 1 is 1.12 bits per heavy atom. The number of fused-ring (bicyclic) bond motifs is 6. The number of ketones is 2. The molecule has 0 saturated heterocycles. The number of rotatable bonds is 2. The van der Waals surface area contributed by atoms with Gasteiger partial charge in [0.25, 0.3) is 0 Å². The van der Waals surface area contributed by atoms with E-state index in [1.54, 1.807) is 19.1 Å². The Hall–Kier alpha value is -4.13. The van der Waals surface area contributed by atoms with E-state index >= 15 is 0 Å². The highest BCUT2D eigenvalue weighted by molar-refractivity contribution is 6.29. The van der Waals surface area contributed by atoms with Gasteiger partial charge in [-0.1, -0.05) is 12.2 Å². The van der Waals surface area contributed by atoms with Crippen molar-refractivity contribution in [3.05, 3.63) is 69.1 Å². The molecular formula is C26H20O7. The van der Waals surface area contributed by atoms with Crippen molar-refractivity contribution in [3.63, 3.8) is 0 Å². The van der Waals surface area contributed by atoms with E-state index in [1.165, 1.54) is 19.2 Å². The fraction of sp³-hybridized carbons (Fsp3) is 0.192. The van der Waals surface area contributed by atoms with E-state index in [4.69, 9.17) is 13.9 Å². The average molecular weight is 444 g/mol. The Morgan fingerprint density at radius 2 is 1.85 bits per heavy atom. The van der Waals surface area contributed by atoms with Crippen molar-refractivity contribution < 1.29 is 28.6 Å². The molecule has 2 aliphatic rings. The lowest BCUT2D eigenvalue weighted by molar-refractivity contribution is 0.0916. The number of carbonyl (C=O) groups is 2. The third kappa shape index (κ3) is 2.85. The molecule has 5 rings (SSSR count). The van der Waals surface area contributed by atoms with Gasteiger partial charge >= 0.3 is 0 Å². The Kier molecular flexibility index (Phi) is 4.20. The minimum Gasteiger partial charge on any atom is -0.507 e. The van der Waals surface area contributed by atoms with Crippen molar-refractivity contribution in [2.24, 2.45) is 0 Å². The zero-order valence-electron chi connectivity index (χ0n) is 18.5. The number of allylic oxidation sites excluding steroid dienone is 3. The fourth-order valence-electron chi connectivity index (χ4n) is 4.32. The van der Waals surface area contributed by atoms with Gasteiger partial charge in [-0.05, 0) is 44.6 Å². The first kappa shape index (κ1) is 20.8. The minimum absolute atomic E-state index is 0.0339. The molecule has 0 saturated carbocycles. The maximum absolute atomic E-state index is 13.5. The fourth-order valence-corrected chi connectivity index (χ4v) is 4.32. The van der Waals surface area contributed by atoms with E-state index in [-0.39, 0.29) is 44.6 Å². The molecular weight excluding hydrogens is 424 g/mol. The molecule has 7 heteroatoms. The molecule has 0 radical (unpaired) electrons. The largest absolute Gasteiger partial charge is 0.507 e. The molecule has 1 N–H and O–H groups in total. The van der Waals surface area contributed by atoms with Crippen molar-refractivity contribution >= 4 is 45.2 Å². The van der Waals surface area contributed by atoms with Crippen molar-refractivity contribution in [1.82, 2.24) is 0 Å². The van der Waals surface area contributed by atoms with Crippen LogP contribution in [0.4, 0.5) is 0 Å². The average Bonchev–Trinajstić information content (AvgIpc) is 2.74. The number of aromatic hydroxyl groups is 1. The summed E-state index contributed by atoms with van der Waals surface area (Å²) in [4.78, 5) is 39.7. The van der Waals surface area contributed by atoms with Gasteiger partial charge in [0, 0.05) is 17.7 Å². The summed E-state index contributed by atoms with van der Waals surface area (Å²) >= 11 is 0. The highest BCUT2D eigenvalue weighted by atomic mass is 16.5. The summed E-state index contributed by atoms with van der Waals surface area (Å²) in [5.41, 5.74) is 0.205. The van der Waals surface area contributed by atoms with Crippen LogP contribution in [-0.2, 0) is 4.74 Å². The van der Waals surface area contributed by atoms with Crippen molar-refractivity contribution in [3.8, 4) is 11.5 Å². The van der Waals surface area contributed by atoms with Crippen molar-refractivity contribution in [1.29, 1.82) is 0 Å². The van der Waals surface area contributed by atoms with E-state index in [1.807, 2.05) is 13.8 Å². The standard InChI is InChI=1S/C26H20O7/c1-11(2)13-8-14-22(29)21-16(28)9-17-12(6-7-26(3,4)33-17)24(21)32-25(14)20-15(27)10-18(31-5)23(30)19(13)20/h6-10,28H,1H2,2-5H3. The maximum atomic E-state index is 13.5. The van der Waals surface area contributed by atoms with Crippen LogP contribution in [-0.4, -0.2) is 29.4 Å². The Labute approximate surface area is 188 Å². The van der Waals surface area contributed by atoms with Gasteiger partial charge in [-0.2, -0.15) is 0 Å². The second-order valence-electron chi connectivity index (χ2n) is 8.72. The van der Waals surface area contributed by atoms with E-state index in [2.05, 4.69) is 6.58 Å². The molecule has 0 bridgehead atoms. The summed E-state index contributed by atoms with van der Waals surface area (Å²) in [5, 5.41) is 10.7. The number of benzene rings is 2. The van der Waals surface area contributed by atoms with Gasteiger partial charge in [0.1, 0.15) is 22.5 Å². The molecule has 1 aliphatic carbocycles. The second kappa shape index (κ2) is 6.68. The molecule has 1 aliphatic heterocycles. The maximum Gasteiger partial charge on any atom is 0.229 e. The predicted molar refractivity (Wildman–Crippen MR) is 124 cm³/mol. The molecule has 3 aromatic rings. The summed E-state index contributed by atoms with van der Waals surface area (Å²) in [6, 6.07) is 2.85. The van der Waals surface area contributed by atoms with Gasteiger partial charge in [0.05, 0.1) is 23.6 Å². The van der Waals surface area contributed by atoms with Crippen LogP contribution in [0.25, 0.3) is 33.6 Å². The molecule has 0 fully saturated rings. The Balaban J connectivity index is 1.99. The number of Topliss-reactive ketones (excluding diaryl/α,β-unsaturated/α-hetero) is 1. The minimum atomic E-state index is -0.621. The third-order valence-electron chi connectivity index (χ3n) is 5.88. The predicted octanol–water partition coefficient (Wildman–Crippen LogP) is 4.78. The summed E-state index contributed by atoms with van der Waals surface area (Å²) in [7, 11) is 1.31. The number of methoxy groups -OCH3 is 1. The normalized spacial score (nSPS) is 16.3. The van der Waals surface area contributed by atoms with Gasteiger partial charge in [-0.3, -0.25) is 14.4 Å². The molecule has 1 aromatic heterocycles. The molecule has 0 atom stereocenters. The number of hydrogen-bond acceptors (Lipinski definition) is 7. The molecule has 2 heterocycles. The van der Waals surface area contributed by atoms with Gasteiger partial charge in [-0.25, -0.2) is 0 Å². The van der Waals surface area contributed by atoms with Gasteiger partial charge < -0.3 is 19.0 Å². The molecule has 7 nitrogen and oxygen atoms in total. The second-order valence-corrected chi connectivity index (χ2v) is 8.72. The summed E-state index contributed by atoms with van der Waals surface area (Å²) < 4.78 is 17.1. The zero-order valence-corrected chi connectivity index (χ0v) is 18.5. The topological polar surface area (TPSA) is 103 Å². The molecule has 0 amide bonds. The van der Waals surface area contributed by atoms with Gasteiger partial charge in [0.2, 0.25) is 11.2 Å². The van der Waals surface area contributed by atoms with E-state index < -0.39 is 22.6 Å². The first-order valence-electron chi connectivity index (χ1n) is 10.3. The monoisotopic (exact) mass is 444 g/mol. The van der Waals surface area contributed by atoms with Crippen LogP contribution in [0.5, 0.6) is 11.5 Å². The Bertz CT molecular complexity index is 1580. The van der Waals surface area contributed by atoms with Crippen LogP contribution >= 0.6 is 0 Å². The first-order valence-corrected chi connectivity index (χ1v) is 10.3. The molecule has 0 spiro atoms. The quantitative estimate of drug-likeness (QED) is 0.568. The van der Waals surface area contributed by atoms with Crippen LogP contribution in [0.2, 0.25) is 0 Å². The number of phenolic OH excluding ortho intramolecular Hbond substituents is 1. The summed E-state index contributed by atoms with van der Waals surface area (Å²) in [5.74, 6) is -1.10. The molecule has 33 heavy (non-hydrogen) atoms. The number of ether oxygens (including phenoxy) is 2. The lowest BCUT2D eigenvalue weighted by Crippen LogP contribution is -2.27. The smallest absolute Gasteiger partial charge is 0.229 e.